The summed E-state index contributed by atoms with van der Waals surface area (Å²) in [6.45, 7) is 2.15. The van der Waals surface area contributed by atoms with Crippen LogP contribution in [0.15, 0.2) is 24.4 Å². The third kappa shape index (κ3) is 1.33. The third-order valence-electron chi connectivity index (χ3n) is 1.73. The summed E-state index contributed by atoms with van der Waals surface area (Å²) in [5.74, 6) is 0. The molecule has 0 amide bonds. The maximum atomic E-state index is 2.34. The van der Waals surface area contributed by atoms with E-state index in [2.05, 4.69) is 41.2 Å². The Morgan fingerprint density at radius 1 is 1.36 bits per heavy atom. The van der Waals surface area contributed by atoms with Crippen molar-refractivity contribution in [2.75, 3.05) is 0 Å². The summed E-state index contributed by atoms with van der Waals surface area (Å²) in [5.41, 5.74) is 1.36. The van der Waals surface area contributed by atoms with E-state index in [1.54, 1.807) is 3.40 Å². The Labute approximate surface area is 76.3 Å². The topological polar surface area (TPSA) is 3.88 Å². The van der Waals surface area contributed by atoms with Crippen molar-refractivity contribution in [3.05, 3.63) is 30.0 Å². The average molecular weight is 260 g/mol. The first-order valence-electron chi connectivity index (χ1n) is 3.62. The molecule has 2 heteroatoms. The van der Waals surface area contributed by atoms with Crippen LogP contribution in [-0.4, -0.2) is 20.7 Å². The van der Waals surface area contributed by atoms with Crippen molar-refractivity contribution in [3.8, 4) is 0 Å². The van der Waals surface area contributed by atoms with Gasteiger partial charge in [-0.3, -0.25) is 0 Å². The molecular weight excluding hydrogens is 250 g/mol. The summed E-state index contributed by atoms with van der Waals surface area (Å²) >= 11 is -0.0463. The quantitative estimate of drug-likeness (QED) is 0.623. The molecule has 0 fully saturated rings. The van der Waals surface area contributed by atoms with Crippen molar-refractivity contribution in [2.24, 2.45) is 7.05 Å². The molecule has 0 bridgehead atoms. The summed E-state index contributed by atoms with van der Waals surface area (Å²) in [6, 6.07) is 6.74. The van der Waals surface area contributed by atoms with Gasteiger partial charge in [0.05, 0.1) is 0 Å². The van der Waals surface area contributed by atoms with Crippen LogP contribution in [0.1, 0.15) is 5.56 Å². The zero-order chi connectivity index (χ0) is 7.84. The van der Waals surface area contributed by atoms with E-state index in [0.717, 1.165) is 0 Å². The van der Waals surface area contributed by atoms with Crippen LogP contribution in [-0.2, 0) is 7.05 Å². The van der Waals surface area contributed by atoms with Gasteiger partial charge in [0.1, 0.15) is 0 Å². The van der Waals surface area contributed by atoms with Gasteiger partial charge in [0, 0.05) is 0 Å². The third-order valence-corrected chi connectivity index (χ3v) is 4.47. The molecule has 0 aliphatic heterocycles. The summed E-state index contributed by atoms with van der Waals surface area (Å²) in [5, 5.41) is 1.44. The molecule has 11 heavy (non-hydrogen) atoms. The number of hydrogen-bond donors (Lipinski definition) is 0. The van der Waals surface area contributed by atoms with E-state index in [4.69, 9.17) is 0 Å². The van der Waals surface area contributed by atoms with E-state index in [0.29, 0.717) is 0 Å². The van der Waals surface area contributed by atoms with E-state index in [1.165, 1.54) is 10.9 Å². The SMILES string of the molecule is Cc1ccc2[te][n+](C)cc2c1. The Hall–Kier alpha value is -0.320. The fourth-order valence-corrected chi connectivity index (χ4v) is 3.58. The first-order valence-corrected chi connectivity index (χ1v) is 5.83. The molecule has 2 rings (SSSR count). The molecule has 1 nitrogen and oxygen atoms in total. The van der Waals surface area contributed by atoms with Crippen LogP contribution in [0, 0.1) is 6.92 Å². The Kier molecular flexibility index (Phi) is 1.75. The molecule has 1 heterocycles. The number of hydrogen-bond acceptors (Lipinski definition) is 0. The van der Waals surface area contributed by atoms with Gasteiger partial charge in [0.15, 0.2) is 0 Å². The number of nitrogens with zero attached hydrogens (tertiary/aromatic N) is 1. The Morgan fingerprint density at radius 2 is 2.18 bits per heavy atom. The van der Waals surface area contributed by atoms with Crippen molar-refractivity contribution in [1.29, 1.82) is 0 Å². The molecule has 0 atom stereocenters. The molecule has 0 radical (unpaired) electrons. The Morgan fingerprint density at radius 3 is 3.00 bits per heavy atom. The second-order valence-electron chi connectivity index (χ2n) is 2.81. The minimum atomic E-state index is -0.0463. The number of benzene rings is 1. The van der Waals surface area contributed by atoms with E-state index < -0.39 is 0 Å². The van der Waals surface area contributed by atoms with Gasteiger partial charge >= 0.3 is 76.2 Å². The first-order chi connectivity index (χ1) is 5.25. The second kappa shape index (κ2) is 2.62. The van der Waals surface area contributed by atoms with Crippen LogP contribution in [0.5, 0.6) is 0 Å². The van der Waals surface area contributed by atoms with Gasteiger partial charge in [-0.25, -0.2) is 0 Å². The van der Waals surface area contributed by atoms with Crippen molar-refractivity contribution >= 4 is 29.5 Å². The molecule has 0 aliphatic carbocycles. The predicted octanol–water partition coefficient (Wildman–Crippen LogP) is 1.03. The molecular formula is C9H10NTe+. The van der Waals surface area contributed by atoms with E-state index >= 15 is 0 Å². The van der Waals surface area contributed by atoms with Crippen molar-refractivity contribution in [2.45, 2.75) is 6.92 Å². The van der Waals surface area contributed by atoms with Gasteiger partial charge in [0.2, 0.25) is 0 Å². The fourth-order valence-electron chi connectivity index (χ4n) is 1.23. The maximum absolute atomic E-state index is 2.34. The number of aryl methyl sites for hydroxylation is 2. The van der Waals surface area contributed by atoms with Gasteiger partial charge in [-0.15, -0.1) is 0 Å². The van der Waals surface area contributed by atoms with Gasteiger partial charge in [-0.2, -0.15) is 0 Å². The van der Waals surface area contributed by atoms with Crippen LogP contribution in [0.3, 0.4) is 0 Å². The zero-order valence-corrected chi connectivity index (χ0v) is 9.00. The molecule has 0 saturated carbocycles. The van der Waals surface area contributed by atoms with Crippen LogP contribution in [0.25, 0.3) is 8.79 Å². The normalized spacial score (nSPS) is 10.7. The second-order valence-corrected chi connectivity index (χ2v) is 6.23. The molecule has 1 aromatic heterocycles. The standard InChI is InChI=1S/C9H10NTe/c1-7-3-4-9-8(5-7)6-10(2)11-9/h3-6H,1-2H3/q+1. The van der Waals surface area contributed by atoms with Crippen molar-refractivity contribution in [1.82, 2.24) is 0 Å². The molecule has 0 N–H and O–H groups in total. The van der Waals surface area contributed by atoms with E-state index in [1.807, 2.05) is 0 Å². The van der Waals surface area contributed by atoms with Crippen molar-refractivity contribution < 1.29 is 2.79 Å². The van der Waals surface area contributed by atoms with Gasteiger partial charge in [-0.05, 0) is 0 Å². The minimum absolute atomic E-state index is 0.0463. The van der Waals surface area contributed by atoms with E-state index in [9.17, 15) is 0 Å². The molecule has 2 aromatic rings. The number of fused-ring (bicyclic) bond motifs is 1. The monoisotopic (exact) mass is 262 g/mol. The Bertz CT molecular complexity index is 389. The summed E-state index contributed by atoms with van der Waals surface area (Å²) in [4.78, 5) is 0. The molecule has 0 aliphatic rings. The molecule has 56 valence electrons. The predicted molar refractivity (Wildman–Crippen MR) is 46.8 cm³/mol. The van der Waals surface area contributed by atoms with Gasteiger partial charge in [0.25, 0.3) is 0 Å². The summed E-state index contributed by atoms with van der Waals surface area (Å²) in [7, 11) is 2.16. The number of rotatable bonds is 0. The number of aromatic nitrogens is 1. The molecule has 1 aromatic carbocycles. The molecule has 0 unspecified atom stereocenters. The van der Waals surface area contributed by atoms with Crippen LogP contribution in [0.2, 0.25) is 0 Å². The Balaban J connectivity index is 2.82. The van der Waals surface area contributed by atoms with Crippen molar-refractivity contribution in [3.63, 3.8) is 0 Å². The fraction of sp³-hybridized carbons (Fsp3) is 0.222. The van der Waals surface area contributed by atoms with Crippen LogP contribution < -0.4 is 2.79 Å². The average Bonchev–Trinajstić information content (AvgIpc) is 2.27. The zero-order valence-electron chi connectivity index (χ0n) is 6.66. The van der Waals surface area contributed by atoms with Crippen LogP contribution in [0.4, 0.5) is 0 Å². The first kappa shape index (κ1) is 7.34. The summed E-state index contributed by atoms with van der Waals surface area (Å²) < 4.78 is 3.92. The van der Waals surface area contributed by atoms with E-state index in [-0.39, 0.29) is 20.7 Å². The van der Waals surface area contributed by atoms with Gasteiger partial charge < -0.3 is 0 Å². The molecule has 0 spiro atoms. The molecule has 0 saturated heterocycles. The van der Waals surface area contributed by atoms with Gasteiger partial charge in [-0.1, -0.05) is 0 Å². The summed E-state index contributed by atoms with van der Waals surface area (Å²) in [6.07, 6.45) is 2.25. The van der Waals surface area contributed by atoms with Crippen LogP contribution >= 0.6 is 0 Å².